The largest absolute Gasteiger partial charge is 0.335 e. The molecule has 0 fully saturated rings. The van der Waals surface area contributed by atoms with Gasteiger partial charge >= 0.3 is 0 Å². The molecule has 3 nitrogen and oxygen atoms in total. The molecular weight excluding hydrogens is 274 g/mol. The van der Waals surface area contributed by atoms with E-state index in [9.17, 15) is 9.59 Å². The molecule has 0 radical (unpaired) electrons. The van der Waals surface area contributed by atoms with Crippen LogP contribution in [0.3, 0.4) is 0 Å². The lowest BCUT2D eigenvalue weighted by atomic mass is 10.1. The lowest BCUT2D eigenvalue weighted by Gasteiger charge is -2.21. The van der Waals surface area contributed by atoms with Crippen molar-refractivity contribution in [3.05, 3.63) is 47.5 Å². The predicted octanol–water partition coefficient (Wildman–Crippen LogP) is 3.61. The number of hydrogen-bond donors (Lipinski definition) is 0. The fourth-order valence-corrected chi connectivity index (χ4v) is 2.08. The average Bonchev–Trinajstić information content (AvgIpc) is 2.40. The summed E-state index contributed by atoms with van der Waals surface area (Å²) in [7, 11) is 0. The van der Waals surface area contributed by atoms with E-state index in [0.717, 1.165) is 5.56 Å². The highest BCUT2D eigenvalue weighted by Crippen LogP contribution is 2.17. The molecule has 0 aliphatic carbocycles. The molecule has 0 unspecified atom stereocenters. The van der Waals surface area contributed by atoms with Gasteiger partial charge in [0, 0.05) is 31.0 Å². The molecule has 1 rings (SSSR count). The second-order valence-corrected chi connectivity index (χ2v) is 5.12. The smallest absolute Gasteiger partial charge is 0.223 e. The topological polar surface area (TPSA) is 37.4 Å². The van der Waals surface area contributed by atoms with E-state index < -0.39 is 0 Å². The van der Waals surface area contributed by atoms with Gasteiger partial charge < -0.3 is 9.69 Å². The number of carbonyl (C=O) groups excluding carboxylic acids is 2. The van der Waals surface area contributed by atoms with Gasteiger partial charge in [0.1, 0.15) is 5.78 Å². The van der Waals surface area contributed by atoms with Crippen molar-refractivity contribution in [3.8, 4) is 0 Å². The van der Waals surface area contributed by atoms with E-state index in [4.69, 9.17) is 11.6 Å². The molecule has 0 spiro atoms. The summed E-state index contributed by atoms with van der Waals surface area (Å²) in [6, 6.07) is 7.47. The minimum Gasteiger partial charge on any atom is -0.335 e. The summed E-state index contributed by atoms with van der Waals surface area (Å²) in [6.45, 7) is 6.15. The zero-order valence-corrected chi connectivity index (χ0v) is 12.5. The van der Waals surface area contributed by atoms with Gasteiger partial charge in [0.2, 0.25) is 5.91 Å². The van der Waals surface area contributed by atoms with Crippen LogP contribution in [0, 0.1) is 0 Å². The van der Waals surface area contributed by atoms with E-state index in [-0.39, 0.29) is 11.7 Å². The molecule has 0 saturated carbocycles. The van der Waals surface area contributed by atoms with Gasteiger partial charge in [-0.2, -0.15) is 0 Å². The van der Waals surface area contributed by atoms with Gasteiger partial charge in [-0.05, 0) is 25.0 Å². The number of carbonyl (C=O) groups is 2. The van der Waals surface area contributed by atoms with E-state index in [1.54, 1.807) is 11.0 Å². The van der Waals surface area contributed by atoms with Crippen molar-refractivity contribution in [2.45, 2.75) is 32.7 Å². The molecule has 0 N–H and O–H groups in total. The molecule has 1 amide bonds. The maximum absolute atomic E-state index is 12.2. The standard InChI is InChI=1S/C16H20ClNO2/c1-3-11-18(16(20)10-6-7-13(2)19)12-14-8-4-5-9-15(14)17/h3-5,8-9H,1,6-7,10-12H2,2H3. The number of amides is 1. The molecule has 0 heterocycles. The second kappa shape index (κ2) is 8.54. The average molecular weight is 294 g/mol. The van der Waals surface area contributed by atoms with Gasteiger partial charge in [0.25, 0.3) is 0 Å². The first kappa shape index (κ1) is 16.4. The van der Waals surface area contributed by atoms with Crippen LogP contribution in [0.5, 0.6) is 0 Å². The molecule has 4 heteroatoms. The first-order chi connectivity index (χ1) is 9.54. The van der Waals surface area contributed by atoms with Crippen LogP contribution in [0.1, 0.15) is 31.7 Å². The van der Waals surface area contributed by atoms with Gasteiger partial charge in [-0.15, -0.1) is 6.58 Å². The molecule has 0 bridgehead atoms. The molecule has 108 valence electrons. The van der Waals surface area contributed by atoms with Crippen molar-refractivity contribution in [2.24, 2.45) is 0 Å². The fraction of sp³-hybridized carbons (Fsp3) is 0.375. The van der Waals surface area contributed by atoms with Gasteiger partial charge in [0.05, 0.1) is 0 Å². The number of hydrogen-bond acceptors (Lipinski definition) is 2. The number of benzene rings is 1. The Balaban J connectivity index is 2.64. The first-order valence-electron chi connectivity index (χ1n) is 6.66. The van der Waals surface area contributed by atoms with Crippen LogP contribution >= 0.6 is 11.6 Å². The van der Waals surface area contributed by atoms with Crippen LogP contribution in [0.15, 0.2) is 36.9 Å². The molecule has 0 saturated heterocycles. The van der Waals surface area contributed by atoms with Crippen molar-refractivity contribution < 1.29 is 9.59 Å². The Hall–Kier alpha value is -1.61. The van der Waals surface area contributed by atoms with E-state index in [1.165, 1.54) is 6.92 Å². The van der Waals surface area contributed by atoms with Crippen LogP contribution in [-0.2, 0) is 16.1 Å². The summed E-state index contributed by atoms with van der Waals surface area (Å²) in [5.41, 5.74) is 0.913. The zero-order valence-electron chi connectivity index (χ0n) is 11.8. The Bertz CT molecular complexity index is 485. The summed E-state index contributed by atoms with van der Waals surface area (Å²) < 4.78 is 0. The third kappa shape index (κ3) is 5.57. The van der Waals surface area contributed by atoms with Crippen LogP contribution in [-0.4, -0.2) is 23.1 Å². The summed E-state index contributed by atoms with van der Waals surface area (Å²) in [5.74, 6) is 0.130. The monoisotopic (exact) mass is 293 g/mol. The molecule has 20 heavy (non-hydrogen) atoms. The third-order valence-corrected chi connectivity index (χ3v) is 3.31. The molecular formula is C16H20ClNO2. The highest BCUT2D eigenvalue weighted by atomic mass is 35.5. The molecule has 0 aromatic heterocycles. The van der Waals surface area contributed by atoms with Crippen molar-refractivity contribution in [1.29, 1.82) is 0 Å². The minimum atomic E-state index is 0.0195. The van der Waals surface area contributed by atoms with E-state index in [0.29, 0.717) is 37.4 Å². The molecule has 1 aromatic carbocycles. The fourth-order valence-electron chi connectivity index (χ4n) is 1.89. The molecule has 1 aromatic rings. The Labute approximate surface area is 125 Å². The van der Waals surface area contributed by atoms with Crippen LogP contribution < -0.4 is 0 Å². The number of Topliss-reactive ketones (excluding diaryl/α,β-unsaturated/α-hetero) is 1. The normalized spacial score (nSPS) is 10.1. The quantitative estimate of drug-likeness (QED) is 0.687. The molecule has 0 atom stereocenters. The third-order valence-electron chi connectivity index (χ3n) is 2.94. The summed E-state index contributed by atoms with van der Waals surface area (Å²) >= 11 is 6.11. The van der Waals surface area contributed by atoms with Gasteiger partial charge in [-0.25, -0.2) is 0 Å². The van der Waals surface area contributed by atoms with Crippen LogP contribution in [0.2, 0.25) is 5.02 Å². The maximum atomic E-state index is 12.2. The Morgan fingerprint density at radius 3 is 2.60 bits per heavy atom. The van der Waals surface area contributed by atoms with Crippen LogP contribution in [0.4, 0.5) is 0 Å². The lowest BCUT2D eigenvalue weighted by molar-refractivity contribution is -0.131. The highest BCUT2D eigenvalue weighted by molar-refractivity contribution is 6.31. The van der Waals surface area contributed by atoms with E-state index >= 15 is 0 Å². The van der Waals surface area contributed by atoms with Gasteiger partial charge in [0.15, 0.2) is 0 Å². The SMILES string of the molecule is C=CCN(Cc1ccccc1Cl)C(=O)CCCC(C)=O. The lowest BCUT2D eigenvalue weighted by Crippen LogP contribution is -2.30. The number of nitrogens with zero attached hydrogens (tertiary/aromatic N) is 1. The highest BCUT2D eigenvalue weighted by Gasteiger charge is 2.14. The predicted molar refractivity (Wildman–Crippen MR) is 81.6 cm³/mol. The first-order valence-corrected chi connectivity index (χ1v) is 7.04. The van der Waals surface area contributed by atoms with Crippen molar-refractivity contribution in [1.82, 2.24) is 4.90 Å². The summed E-state index contributed by atoms with van der Waals surface area (Å²) in [5, 5.41) is 0.651. The van der Waals surface area contributed by atoms with Crippen molar-refractivity contribution >= 4 is 23.3 Å². The van der Waals surface area contributed by atoms with Crippen LogP contribution in [0.25, 0.3) is 0 Å². The number of ketones is 1. The second-order valence-electron chi connectivity index (χ2n) is 4.71. The molecule has 0 aliphatic rings. The number of rotatable bonds is 8. The van der Waals surface area contributed by atoms with E-state index in [2.05, 4.69) is 6.58 Å². The molecule has 0 aliphatic heterocycles. The van der Waals surface area contributed by atoms with Crippen molar-refractivity contribution in [3.63, 3.8) is 0 Å². The zero-order chi connectivity index (χ0) is 15.0. The van der Waals surface area contributed by atoms with Gasteiger partial charge in [-0.3, -0.25) is 4.79 Å². The van der Waals surface area contributed by atoms with E-state index in [1.807, 2.05) is 24.3 Å². The minimum absolute atomic E-state index is 0.0195. The van der Waals surface area contributed by atoms with Crippen molar-refractivity contribution in [2.75, 3.05) is 6.54 Å². The Morgan fingerprint density at radius 1 is 1.30 bits per heavy atom. The summed E-state index contributed by atoms with van der Waals surface area (Å²) in [4.78, 5) is 24.8. The Morgan fingerprint density at radius 2 is 2.00 bits per heavy atom. The Kier molecular flexibility index (Phi) is 7.02. The van der Waals surface area contributed by atoms with Gasteiger partial charge in [-0.1, -0.05) is 35.9 Å². The summed E-state index contributed by atoms with van der Waals surface area (Å²) in [6.07, 6.45) is 3.10. The number of halogens is 1. The maximum Gasteiger partial charge on any atom is 0.223 e.